The van der Waals surface area contributed by atoms with Crippen LogP contribution >= 0.6 is 0 Å². The number of ether oxygens (including phenoxy) is 1. The number of rotatable bonds is 3. The minimum absolute atomic E-state index is 0.465. The van der Waals surface area contributed by atoms with Gasteiger partial charge in [0.15, 0.2) is 0 Å². The average molecular weight is 225 g/mol. The van der Waals surface area contributed by atoms with Gasteiger partial charge in [0.1, 0.15) is 0 Å². The van der Waals surface area contributed by atoms with E-state index in [0.717, 1.165) is 24.5 Å². The van der Waals surface area contributed by atoms with Gasteiger partial charge in [0.2, 0.25) is 0 Å². The fourth-order valence-electron chi connectivity index (χ4n) is 3.56. The van der Waals surface area contributed by atoms with E-state index in [4.69, 9.17) is 4.74 Å². The van der Waals surface area contributed by atoms with E-state index >= 15 is 0 Å². The molecule has 4 atom stereocenters. The van der Waals surface area contributed by atoms with Gasteiger partial charge in [-0.3, -0.25) is 0 Å². The van der Waals surface area contributed by atoms with Crippen LogP contribution in [0.25, 0.3) is 0 Å². The van der Waals surface area contributed by atoms with Gasteiger partial charge in [0.05, 0.1) is 6.10 Å². The summed E-state index contributed by atoms with van der Waals surface area (Å²) >= 11 is 0. The molecule has 0 aromatic heterocycles. The van der Waals surface area contributed by atoms with Gasteiger partial charge < -0.3 is 10.1 Å². The van der Waals surface area contributed by atoms with Gasteiger partial charge in [-0.25, -0.2) is 0 Å². The number of nitrogens with one attached hydrogen (secondary N) is 1. The third-order valence-corrected chi connectivity index (χ3v) is 4.20. The van der Waals surface area contributed by atoms with Crippen LogP contribution in [0.1, 0.15) is 52.9 Å². The molecule has 4 unspecified atom stereocenters. The van der Waals surface area contributed by atoms with E-state index < -0.39 is 0 Å². The fourth-order valence-corrected chi connectivity index (χ4v) is 3.56. The lowest BCUT2D eigenvalue weighted by Crippen LogP contribution is -2.46. The van der Waals surface area contributed by atoms with Crippen molar-refractivity contribution in [1.82, 2.24) is 5.32 Å². The summed E-state index contributed by atoms with van der Waals surface area (Å²) in [4.78, 5) is 0. The number of hydrogen-bond donors (Lipinski definition) is 1. The van der Waals surface area contributed by atoms with E-state index in [2.05, 4.69) is 26.1 Å². The van der Waals surface area contributed by atoms with Crippen molar-refractivity contribution in [3.63, 3.8) is 0 Å². The molecule has 2 heteroatoms. The Morgan fingerprint density at radius 3 is 2.38 bits per heavy atom. The van der Waals surface area contributed by atoms with Crippen molar-refractivity contribution >= 4 is 0 Å². The van der Waals surface area contributed by atoms with Crippen LogP contribution in [0.3, 0.4) is 0 Å². The van der Waals surface area contributed by atoms with Gasteiger partial charge in [-0.05, 0) is 50.9 Å². The molecule has 2 aliphatic rings. The molecule has 1 N–H and O–H groups in total. The molecule has 2 rings (SSSR count). The minimum atomic E-state index is 0.465. The van der Waals surface area contributed by atoms with Crippen molar-refractivity contribution in [2.24, 2.45) is 11.8 Å². The third-order valence-electron chi connectivity index (χ3n) is 4.20. The van der Waals surface area contributed by atoms with Crippen LogP contribution in [-0.2, 0) is 4.74 Å². The predicted octanol–water partition coefficient (Wildman–Crippen LogP) is 2.97. The molecule has 2 fully saturated rings. The van der Waals surface area contributed by atoms with E-state index in [0.29, 0.717) is 12.1 Å². The van der Waals surface area contributed by atoms with E-state index in [1.165, 1.54) is 32.1 Å². The van der Waals surface area contributed by atoms with Gasteiger partial charge in [0.25, 0.3) is 0 Å². The van der Waals surface area contributed by atoms with E-state index in [1.54, 1.807) is 0 Å². The molecule has 0 aromatic carbocycles. The highest BCUT2D eigenvalue weighted by atomic mass is 16.5. The molecule has 0 aromatic rings. The third kappa shape index (κ3) is 3.21. The average Bonchev–Trinajstić information content (AvgIpc) is 2.68. The summed E-state index contributed by atoms with van der Waals surface area (Å²) < 4.78 is 5.75. The Morgan fingerprint density at radius 2 is 1.81 bits per heavy atom. The van der Waals surface area contributed by atoms with Gasteiger partial charge in [-0.2, -0.15) is 0 Å². The zero-order valence-corrected chi connectivity index (χ0v) is 11.0. The molecule has 16 heavy (non-hydrogen) atoms. The van der Waals surface area contributed by atoms with E-state index in [-0.39, 0.29) is 0 Å². The predicted molar refractivity (Wildman–Crippen MR) is 67.5 cm³/mol. The summed E-state index contributed by atoms with van der Waals surface area (Å²) in [5, 5.41) is 3.80. The quantitative estimate of drug-likeness (QED) is 0.797. The molecule has 94 valence electrons. The van der Waals surface area contributed by atoms with Crippen LogP contribution in [-0.4, -0.2) is 24.8 Å². The largest absolute Gasteiger partial charge is 0.377 e. The maximum absolute atomic E-state index is 5.75. The van der Waals surface area contributed by atoms with Crippen molar-refractivity contribution < 1.29 is 4.74 Å². The van der Waals surface area contributed by atoms with Crippen LogP contribution in [0.2, 0.25) is 0 Å². The molecule has 0 amide bonds. The second-order valence-corrected chi connectivity index (χ2v) is 6.12. The Balaban J connectivity index is 1.79. The van der Waals surface area contributed by atoms with Crippen LogP contribution in [0, 0.1) is 11.8 Å². The highest BCUT2D eigenvalue weighted by Gasteiger charge is 2.28. The maximum atomic E-state index is 5.75. The zero-order chi connectivity index (χ0) is 11.5. The first-order valence-corrected chi connectivity index (χ1v) is 7.02. The van der Waals surface area contributed by atoms with Crippen molar-refractivity contribution in [1.29, 1.82) is 0 Å². The van der Waals surface area contributed by atoms with E-state index in [9.17, 15) is 0 Å². The fraction of sp³-hybridized carbons (Fsp3) is 1.00. The smallest absolute Gasteiger partial charge is 0.0726 e. The van der Waals surface area contributed by atoms with Crippen LogP contribution in [0.4, 0.5) is 0 Å². The standard InChI is InChI=1S/C14H27NO/c1-10-7-11(2)9-13(8-10)15-12(3)14-5-4-6-16-14/h10-15H,4-9H2,1-3H3. The lowest BCUT2D eigenvalue weighted by Gasteiger charge is -2.35. The molecular weight excluding hydrogens is 198 g/mol. The lowest BCUT2D eigenvalue weighted by atomic mass is 9.80. The van der Waals surface area contributed by atoms with Gasteiger partial charge >= 0.3 is 0 Å². The summed E-state index contributed by atoms with van der Waals surface area (Å²) in [5.41, 5.74) is 0. The molecule has 0 bridgehead atoms. The van der Waals surface area contributed by atoms with Crippen molar-refractivity contribution in [2.75, 3.05) is 6.61 Å². The first-order chi connectivity index (χ1) is 7.65. The lowest BCUT2D eigenvalue weighted by molar-refractivity contribution is 0.0738. The highest BCUT2D eigenvalue weighted by Crippen LogP contribution is 2.29. The van der Waals surface area contributed by atoms with Crippen molar-refractivity contribution in [3.8, 4) is 0 Å². The first-order valence-electron chi connectivity index (χ1n) is 7.02. The molecule has 0 radical (unpaired) electrons. The van der Waals surface area contributed by atoms with Gasteiger partial charge in [-0.15, -0.1) is 0 Å². The minimum Gasteiger partial charge on any atom is -0.377 e. The Labute approximate surface area is 100 Å². The molecule has 1 saturated carbocycles. The second kappa shape index (κ2) is 5.50. The molecule has 1 heterocycles. The number of hydrogen-bond acceptors (Lipinski definition) is 2. The Hall–Kier alpha value is -0.0800. The topological polar surface area (TPSA) is 21.3 Å². The SMILES string of the molecule is CC1CC(C)CC(NC(C)C2CCCO2)C1. The first kappa shape index (κ1) is 12.4. The van der Waals surface area contributed by atoms with Crippen LogP contribution < -0.4 is 5.32 Å². The maximum Gasteiger partial charge on any atom is 0.0726 e. The monoisotopic (exact) mass is 225 g/mol. The Kier molecular flexibility index (Phi) is 4.26. The molecule has 0 spiro atoms. The summed E-state index contributed by atoms with van der Waals surface area (Å²) in [5.74, 6) is 1.77. The summed E-state index contributed by atoms with van der Waals surface area (Å²) in [6.45, 7) is 8.04. The van der Waals surface area contributed by atoms with Crippen molar-refractivity contribution in [3.05, 3.63) is 0 Å². The van der Waals surface area contributed by atoms with Gasteiger partial charge in [-0.1, -0.05) is 13.8 Å². The normalized spacial score (nSPS) is 42.2. The molecule has 1 saturated heterocycles. The van der Waals surface area contributed by atoms with E-state index in [1.807, 2.05) is 0 Å². The Bertz CT molecular complexity index is 203. The van der Waals surface area contributed by atoms with Crippen LogP contribution in [0.15, 0.2) is 0 Å². The second-order valence-electron chi connectivity index (χ2n) is 6.12. The van der Waals surface area contributed by atoms with Crippen molar-refractivity contribution in [2.45, 2.75) is 71.1 Å². The molecule has 2 nitrogen and oxygen atoms in total. The van der Waals surface area contributed by atoms with Gasteiger partial charge in [0, 0.05) is 18.7 Å². The summed E-state index contributed by atoms with van der Waals surface area (Å²) in [7, 11) is 0. The zero-order valence-electron chi connectivity index (χ0n) is 11.0. The summed E-state index contributed by atoms with van der Waals surface area (Å²) in [6, 6.07) is 1.25. The van der Waals surface area contributed by atoms with Crippen LogP contribution in [0.5, 0.6) is 0 Å². The Morgan fingerprint density at radius 1 is 1.12 bits per heavy atom. The molecule has 1 aliphatic heterocycles. The highest BCUT2D eigenvalue weighted by molar-refractivity contribution is 4.85. The molecule has 1 aliphatic carbocycles. The summed E-state index contributed by atoms with van der Waals surface area (Å²) in [6.07, 6.45) is 7.06. The molecular formula is C14H27NO.